The third-order valence-electron chi connectivity index (χ3n) is 1.90. The lowest BCUT2D eigenvalue weighted by Gasteiger charge is -2.01. The van der Waals surface area contributed by atoms with Crippen molar-refractivity contribution in [2.75, 3.05) is 6.61 Å². The zero-order valence-corrected chi connectivity index (χ0v) is 8.93. The predicted molar refractivity (Wildman–Crippen MR) is 57.6 cm³/mol. The molecule has 1 aromatic rings. The van der Waals surface area contributed by atoms with Crippen LogP contribution in [0.15, 0.2) is 35.4 Å². The topological polar surface area (TPSA) is 47.7 Å². The molecule has 4 nitrogen and oxygen atoms in total. The van der Waals surface area contributed by atoms with Crippen LogP contribution in [0.2, 0.25) is 0 Å². The second-order valence-electron chi connectivity index (χ2n) is 3.21. The summed E-state index contributed by atoms with van der Waals surface area (Å²) >= 11 is 0. The summed E-state index contributed by atoms with van der Waals surface area (Å²) in [4.78, 5) is 4.86. The van der Waals surface area contributed by atoms with Crippen LogP contribution >= 0.6 is 0 Å². The second-order valence-corrected chi connectivity index (χ2v) is 3.21. The van der Waals surface area contributed by atoms with Crippen molar-refractivity contribution in [1.82, 2.24) is 0 Å². The molecule has 0 saturated heterocycles. The van der Waals surface area contributed by atoms with Crippen molar-refractivity contribution >= 4 is 5.69 Å². The summed E-state index contributed by atoms with van der Waals surface area (Å²) in [6.45, 7) is 2.52. The lowest BCUT2D eigenvalue weighted by atomic mass is 10.3. The van der Waals surface area contributed by atoms with Crippen molar-refractivity contribution in [3.05, 3.63) is 35.5 Å². The van der Waals surface area contributed by atoms with Crippen molar-refractivity contribution in [3.63, 3.8) is 0 Å². The van der Waals surface area contributed by atoms with Crippen LogP contribution in [-0.2, 0) is 4.84 Å². The van der Waals surface area contributed by atoms with Crippen LogP contribution in [0.25, 0.3) is 0 Å². The molecule has 4 heteroatoms. The van der Waals surface area contributed by atoms with E-state index in [1.165, 1.54) is 0 Å². The van der Waals surface area contributed by atoms with Gasteiger partial charge in [0.2, 0.25) is 0 Å². The summed E-state index contributed by atoms with van der Waals surface area (Å²) in [5.41, 5.74) is 0.600. The van der Waals surface area contributed by atoms with Crippen molar-refractivity contribution in [2.24, 2.45) is 5.11 Å². The predicted octanol–water partition coefficient (Wildman–Crippen LogP) is 3.40. The van der Waals surface area contributed by atoms with Gasteiger partial charge in [0.25, 0.3) is 0 Å². The van der Waals surface area contributed by atoms with Gasteiger partial charge in [-0.1, -0.05) is 38.0 Å². The maximum Gasteiger partial charge on any atom is 0.174 e. The van der Waals surface area contributed by atoms with E-state index in [2.05, 4.69) is 12.0 Å². The first-order chi connectivity index (χ1) is 7.33. The number of hydrogen-bond acceptors (Lipinski definition) is 3. The summed E-state index contributed by atoms with van der Waals surface area (Å²) in [6.07, 6.45) is 3.07. The van der Waals surface area contributed by atoms with Crippen LogP contribution in [0.3, 0.4) is 0 Å². The van der Waals surface area contributed by atoms with E-state index in [1.807, 2.05) is 18.2 Å². The maximum absolute atomic E-state index is 11.1. The van der Waals surface area contributed by atoms with Crippen molar-refractivity contribution in [1.29, 1.82) is 0 Å². The molecule has 0 N–H and O–H groups in total. The first-order valence-corrected chi connectivity index (χ1v) is 5.20. The van der Waals surface area contributed by atoms with E-state index in [1.54, 1.807) is 12.1 Å². The maximum atomic E-state index is 11.1. The molecule has 1 aromatic carbocycles. The molecular formula is C11H16N2O2. The van der Waals surface area contributed by atoms with Gasteiger partial charge in [0.05, 0.1) is 11.7 Å². The Morgan fingerprint density at radius 2 is 2.00 bits per heavy atom. The van der Waals surface area contributed by atoms with Crippen molar-refractivity contribution < 1.29 is 9.86 Å². The van der Waals surface area contributed by atoms with Gasteiger partial charge in [0.15, 0.2) is 5.02 Å². The Bertz CT molecular complexity index is 299. The minimum Gasteiger partial charge on any atom is -0.380 e. The van der Waals surface area contributed by atoms with Crippen molar-refractivity contribution in [2.45, 2.75) is 26.2 Å². The first kappa shape index (κ1) is 11.5. The normalized spacial score (nSPS) is 11.4. The fourth-order valence-corrected chi connectivity index (χ4v) is 1.11. The van der Waals surface area contributed by atoms with Gasteiger partial charge in [-0.2, -0.15) is 0 Å². The van der Waals surface area contributed by atoms with Crippen LogP contribution in [0, 0.1) is 5.21 Å². The Balaban J connectivity index is 2.33. The fraction of sp³-hybridized carbons (Fsp3) is 0.455. The summed E-state index contributed by atoms with van der Waals surface area (Å²) in [6, 6.07) is 9.02. The van der Waals surface area contributed by atoms with E-state index < -0.39 is 0 Å². The highest BCUT2D eigenvalue weighted by Gasteiger charge is 1.96. The monoisotopic (exact) mass is 208 g/mol. The molecule has 0 saturated carbocycles. The Morgan fingerprint density at radius 3 is 2.67 bits per heavy atom. The molecule has 0 aromatic heterocycles. The molecule has 0 unspecified atom stereocenters. The highest BCUT2D eigenvalue weighted by molar-refractivity contribution is 5.33. The number of unbranched alkanes of at least 4 members (excludes halogenated alkanes) is 2. The molecule has 0 bridgehead atoms. The first-order valence-electron chi connectivity index (χ1n) is 5.20. The Morgan fingerprint density at radius 1 is 1.27 bits per heavy atom. The number of hydrogen-bond donors (Lipinski definition) is 0. The summed E-state index contributed by atoms with van der Waals surface area (Å²) in [5, 5.41) is 15.1. The van der Waals surface area contributed by atoms with Gasteiger partial charge in [-0.25, -0.2) is 5.21 Å². The number of nitrogens with zero attached hydrogens (tertiary/aromatic N) is 2. The summed E-state index contributed by atoms with van der Waals surface area (Å²) < 4.78 is 0. The molecule has 0 atom stereocenters. The third-order valence-corrected chi connectivity index (χ3v) is 1.90. The van der Waals surface area contributed by atoms with Gasteiger partial charge in [-0.3, -0.25) is 0 Å². The molecule has 0 heterocycles. The quantitative estimate of drug-likeness (QED) is 0.408. The zero-order valence-electron chi connectivity index (χ0n) is 8.93. The Hall–Kier alpha value is -1.58. The van der Waals surface area contributed by atoms with Gasteiger partial charge >= 0.3 is 0 Å². The van der Waals surface area contributed by atoms with E-state index in [9.17, 15) is 5.21 Å². The Kier molecular flexibility index (Phi) is 5.22. The van der Waals surface area contributed by atoms with Gasteiger partial charge in [-0.05, 0) is 18.6 Å². The largest absolute Gasteiger partial charge is 0.380 e. The molecule has 0 radical (unpaired) electrons. The van der Waals surface area contributed by atoms with Crippen LogP contribution in [0.1, 0.15) is 26.2 Å². The zero-order chi connectivity index (χ0) is 10.9. The lowest BCUT2D eigenvalue weighted by molar-refractivity contribution is -0.787. The average molecular weight is 208 g/mol. The van der Waals surface area contributed by atoms with E-state index in [-0.39, 0.29) is 5.02 Å². The van der Waals surface area contributed by atoms with E-state index in [0.717, 1.165) is 19.3 Å². The standard InChI is InChI=1S/C11H16N2O2/c1-2-3-7-10-15-13(14)12-11-8-5-4-6-9-11/h4-6,8-9H,2-3,7,10H2,1H3. The third kappa shape index (κ3) is 5.00. The molecule has 15 heavy (non-hydrogen) atoms. The molecule has 1 rings (SSSR count). The highest BCUT2D eigenvalue weighted by Crippen LogP contribution is 2.09. The molecule has 0 fully saturated rings. The molecule has 0 aliphatic heterocycles. The van der Waals surface area contributed by atoms with Gasteiger partial charge in [-0.15, -0.1) is 0 Å². The van der Waals surface area contributed by atoms with Crippen LogP contribution in [-0.4, -0.2) is 11.6 Å². The van der Waals surface area contributed by atoms with E-state index in [4.69, 9.17) is 4.84 Å². The number of rotatable bonds is 6. The minimum absolute atomic E-state index is 0.283. The average Bonchev–Trinajstić information content (AvgIpc) is 2.26. The molecular weight excluding hydrogens is 192 g/mol. The van der Waals surface area contributed by atoms with Gasteiger partial charge in [0.1, 0.15) is 5.69 Å². The number of benzene rings is 1. The van der Waals surface area contributed by atoms with Gasteiger partial charge in [0, 0.05) is 0 Å². The smallest absolute Gasteiger partial charge is 0.174 e. The fourth-order valence-electron chi connectivity index (χ4n) is 1.11. The van der Waals surface area contributed by atoms with E-state index >= 15 is 0 Å². The SMILES string of the molecule is CCCCCO[N+]([O-])=Nc1ccccc1. The Labute approximate surface area is 89.7 Å². The van der Waals surface area contributed by atoms with Crippen LogP contribution in [0.5, 0.6) is 0 Å². The minimum atomic E-state index is 0.283. The molecule has 0 aliphatic rings. The molecule has 0 aliphatic carbocycles. The highest BCUT2D eigenvalue weighted by atomic mass is 16.9. The van der Waals surface area contributed by atoms with Crippen LogP contribution < -0.4 is 0 Å². The van der Waals surface area contributed by atoms with Crippen molar-refractivity contribution in [3.8, 4) is 0 Å². The lowest BCUT2D eigenvalue weighted by Crippen LogP contribution is -2.03. The second kappa shape index (κ2) is 6.81. The van der Waals surface area contributed by atoms with Gasteiger partial charge < -0.3 is 4.84 Å². The summed E-state index contributed by atoms with van der Waals surface area (Å²) in [5.74, 6) is 0. The summed E-state index contributed by atoms with van der Waals surface area (Å²) in [7, 11) is 0. The molecule has 0 amide bonds. The van der Waals surface area contributed by atoms with Crippen LogP contribution in [0.4, 0.5) is 5.69 Å². The molecule has 0 spiro atoms. The molecule has 82 valence electrons. The van der Waals surface area contributed by atoms with E-state index in [0.29, 0.717) is 12.3 Å².